The number of aliphatic hydroxyl groups excluding tert-OH is 1. The Hall–Kier alpha value is -2.07. The number of Topliss-reactive ketones (excluding diaryl/α,β-unsaturated/α-hetero) is 1. The molecule has 10 aliphatic rings. The number of carbonyl (C=O) groups is 2. The summed E-state index contributed by atoms with van der Waals surface area (Å²) in [5, 5.41) is 18.0. The van der Waals surface area contributed by atoms with E-state index in [0.717, 1.165) is 58.0 Å². The van der Waals surface area contributed by atoms with Crippen molar-refractivity contribution in [2.45, 2.75) is 164 Å². The number of aliphatic hydroxyl groups is 1. The zero-order valence-electron chi connectivity index (χ0n) is 32.8. The zero-order valence-corrected chi connectivity index (χ0v) is 32.8. The number of esters is 1. The Morgan fingerprint density at radius 2 is 1.87 bits per heavy atom. The van der Waals surface area contributed by atoms with Crippen LogP contribution in [0.3, 0.4) is 0 Å². The van der Waals surface area contributed by atoms with Crippen LogP contribution in [-0.2, 0) is 28.5 Å². The summed E-state index contributed by atoms with van der Waals surface area (Å²) >= 11 is 0. The predicted molar refractivity (Wildman–Crippen MR) is 201 cm³/mol. The first-order valence-corrected chi connectivity index (χ1v) is 21.7. The maximum absolute atomic E-state index is 14.2. The van der Waals surface area contributed by atoms with Crippen molar-refractivity contribution in [2.24, 2.45) is 57.9 Å². The summed E-state index contributed by atoms with van der Waals surface area (Å²) < 4.78 is 25.7. The van der Waals surface area contributed by atoms with E-state index in [-0.39, 0.29) is 60.3 Å². The SMILES string of the molecule is CC1CC(=O)C2C(CC3OC(C)(C)C4OC(=O)C5(CCCC4C3C2O)OC5CCC2CC(N)[NH2+]C3C2CCC2C(N)NC(C[NH+]4C=C5C=CN=C5C4)CC23)O1. The van der Waals surface area contributed by atoms with E-state index in [1.807, 2.05) is 27.0 Å². The minimum atomic E-state index is -0.917. The Morgan fingerprint density at radius 3 is 2.71 bits per heavy atom. The van der Waals surface area contributed by atoms with Crippen molar-refractivity contribution >= 4 is 17.5 Å². The number of hydrogen-bond donors (Lipinski definition) is 6. The predicted octanol–water partition coefficient (Wildman–Crippen LogP) is -0.186. The number of nitrogens with one attached hydrogen (secondary N) is 2. The topological polar surface area (TPSA) is 192 Å². The fourth-order valence-electron chi connectivity index (χ4n) is 13.9. The highest BCUT2D eigenvalue weighted by Gasteiger charge is 2.67. The Balaban J connectivity index is 0.788. The average Bonchev–Trinajstić information content (AvgIpc) is 3.44. The molecule has 13 nitrogen and oxygen atoms in total. The van der Waals surface area contributed by atoms with Crippen molar-refractivity contribution in [3.63, 3.8) is 0 Å². The highest BCUT2D eigenvalue weighted by Crippen LogP contribution is 2.55. The first-order chi connectivity index (χ1) is 26.4. The lowest BCUT2D eigenvalue weighted by Gasteiger charge is -2.57. The van der Waals surface area contributed by atoms with E-state index in [0.29, 0.717) is 55.0 Å². The molecule has 55 heavy (non-hydrogen) atoms. The Bertz CT molecular complexity index is 1650. The molecule has 302 valence electrons. The van der Waals surface area contributed by atoms with Crippen LogP contribution in [-0.4, -0.2) is 108 Å². The molecular weight excluding hydrogens is 700 g/mol. The van der Waals surface area contributed by atoms with E-state index < -0.39 is 29.3 Å². The van der Waals surface area contributed by atoms with Crippen LogP contribution in [0.4, 0.5) is 0 Å². The Kier molecular flexibility index (Phi) is 9.31. The van der Waals surface area contributed by atoms with Gasteiger partial charge in [-0.05, 0) is 90.0 Å². The maximum atomic E-state index is 14.2. The van der Waals surface area contributed by atoms with Crippen LogP contribution in [0.5, 0.6) is 0 Å². The van der Waals surface area contributed by atoms with Gasteiger partial charge in [-0.3, -0.25) is 20.8 Å². The van der Waals surface area contributed by atoms with Gasteiger partial charge < -0.3 is 40.0 Å². The van der Waals surface area contributed by atoms with Gasteiger partial charge in [0.15, 0.2) is 5.60 Å². The van der Waals surface area contributed by atoms with Gasteiger partial charge in [0.2, 0.25) is 0 Å². The van der Waals surface area contributed by atoms with E-state index >= 15 is 0 Å². The van der Waals surface area contributed by atoms with Gasteiger partial charge in [-0.1, -0.05) is 0 Å². The molecule has 9 N–H and O–H groups in total. The number of aliphatic imine (C=N–C) groups is 1. The molecular formula is C42H64N6O7+2. The minimum absolute atomic E-state index is 0.00190. The first-order valence-electron chi connectivity index (χ1n) is 21.7. The fourth-order valence-corrected chi connectivity index (χ4v) is 13.9. The molecule has 19 atom stereocenters. The number of fused-ring (bicyclic) bond motifs is 8. The van der Waals surface area contributed by atoms with Gasteiger partial charge in [-0.2, -0.15) is 0 Å². The molecule has 10 rings (SSSR count). The van der Waals surface area contributed by atoms with Crippen molar-refractivity contribution in [3.05, 3.63) is 24.0 Å². The van der Waals surface area contributed by atoms with Crippen LogP contribution < -0.4 is 27.0 Å². The van der Waals surface area contributed by atoms with E-state index in [9.17, 15) is 14.7 Å². The van der Waals surface area contributed by atoms with Gasteiger partial charge in [-0.15, -0.1) is 0 Å². The fraction of sp³-hybridized carbons (Fsp3) is 0.833. The summed E-state index contributed by atoms with van der Waals surface area (Å²) in [7, 11) is 0. The second kappa shape index (κ2) is 13.8. The summed E-state index contributed by atoms with van der Waals surface area (Å²) in [6.07, 6.45) is 13.3. The van der Waals surface area contributed by atoms with Crippen LogP contribution in [0.2, 0.25) is 0 Å². The molecule has 8 aliphatic heterocycles. The number of ketones is 1. The summed E-state index contributed by atoms with van der Waals surface area (Å²) in [4.78, 5) is 33.3. The number of quaternary nitrogens is 2. The molecule has 0 amide bonds. The number of hydrogen-bond acceptors (Lipinski definition) is 11. The maximum Gasteiger partial charge on any atom is 0.341 e. The highest BCUT2D eigenvalue weighted by atomic mass is 16.7. The average molecular weight is 765 g/mol. The highest BCUT2D eigenvalue weighted by molar-refractivity contribution is 6.06. The molecule has 2 aliphatic carbocycles. The number of allylic oxidation sites excluding steroid dienone is 1. The van der Waals surface area contributed by atoms with Crippen LogP contribution >= 0.6 is 0 Å². The van der Waals surface area contributed by atoms with Gasteiger partial charge in [0.05, 0.1) is 66.8 Å². The third kappa shape index (κ3) is 6.34. The van der Waals surface area contributed by atoms with Crippen molar-refractivity contribution in [2.75, 3.05) is 13.1 Å². The van der Waals surface area contributed by atoms with E-state index in [4.69, 9.17) is 30.4 Å². The molecule has 13 heteroatoms. The number of nitrogens with two attached hydrogens (primary N) is 3. The molecule has 8 heterocycles. The normalized spacial score (nSPS) is 52.3. The van der Waals surface area contributed by atoms with Gasteiger partial charge in [0.25, 0.3) is 0 Å². The molecule has 8 fully saturated rings. The summed E-state index contributed by atoms with van der Waals surface area (Å²) in [6, 6.07) is 0.817. The number of nitrogens with zero attached hydrogens (tertiary/aromatic N) is 1. The van der Waals surface area contributed by atoms with Crippen LogP contribution in [0.25, 0.3) is 0 Å². The minimum Gasteiger partial charge on any atom is -0.457 e. The second-order valence-electron chi connectivity index (χ2n) is 19.9. The lowest BCUT2D eigenvalue weighted by molar-refractivity contribution is -0.835. The largest absolute Gasteiger partial charge is 0.457 e. The number of rotatable bonds is 5. The monoisotopic (exact) mass is 764 g/mol. The standard InChI is InChI=1S/C42H62N6O7/c1-20-13-29(49)35-30(52-20)16-31-34(37(35)50)26-5-4-11-42(40(51)53-38(26)41(2,3)54-31)32(55-42)9-6-21-14-33(43)47-36-24(21)7-8-25-27(36)15-23(46-39(25)44)18-48-17-22-10-12-45-28(22)19-48/h10,12,17,20-21,23-27,30-39,46-47,50H,4-9,11,13-16,18-19,43-44H2,1-3H3/p+2. The third-order valence-electron chi connectivity index (χ3n) is 16.2. The van der Waals surface area contributed by atoms with E-state index in [2.05, 4.69) is 27.9 Å². The summed E-state index contributed by atoms with van der Waals surface area (Å²) in [6.45, 7) is 7.87. The van der Waals surface area contributed by atoms with Crippen LogP contribution in [0, 0.1) is 41.4 Å². The van der Waals surface area contributed by atoms with Crippen LogP contribution in [0.1, 0.15) is 91.4 Å². The molecule has 0 bridgehead atoms. The Morgan fingerprint density at radius 1 is 1.04 bits per heavy atom. The molecule has 2 saturated carbocycles. The molecule has 0 aromatic rings. The lowest BCUT2D eigenvalue weighted by Crippen LogP contribution is -3.08. The van der Waals surface area contributed by atoms with Crippen molar-refractivity contribution in [1.82, 2.24) is 5.32 Å². The lowest BCUT2D eigenvalue weighted by atomic mass is 9.60. The molecule has 0 aromatic carbocycles. The first kappa shape index (κ1) is 37.2. The van der Waals surface area contributed by atoms with Gasteiger partial charge in [0, 0.05) is 49.1 Å². The van der Waals surface area contributed by atoms with E-state index in [1.165, 1.54) is 22.6 Å². The second-order valence-corrected chi connectivity index (χ2v) is 19.9. The quantitative estimate of drug-likeness (QED) is 0.162. The van der Waals surface area contributed by atoms with Crippen molar-refractivity contribution < 1.29 is 43.9 Å². The molecule has 6 saturated heterocycles. The van der Waals surface area contributed by atoms with E-state index in [1.54, 1.807) is 0 Å². The molecule has 0 radical (unpaired) electrons. The van der Waals surface area contributed by atoms with Crippen molar-refractivity contribution in [3.8, 4) is 0 Å². The molecule has 0 aromatic heterocycles. The van der Waals surface area contributed by atoms with Gasteiger partial charge in [-0.25, -0.2) is 4.79 Å². The zero-order chi connectivity index (χ0) is 38.0. The Labute approximate surface area is 324 Å². The van der Waals surface area contributed by atoms with Crippen LogP contribution in [0.15, 0.2) is 29.0 Å². The summed E-state index contributed by atoms with van der Waals surface area (Å²) in [5.74, 6) is 0.875. The number of epoxide rings is 1. The van der Waals surface area contributed by atoms with Crippen molar-refractivity contribution in [1.29, 1.82) is 0 Å². The number of carbonyl (C=O) groups excluding carboxylic acids is 2. The smallest absolute Gasteiger partial charge is 0.341 e. The molecule has 19 unspecified atom stereocenters. The summed E-state index contributed by atoms with van der Waals surface area (Å²) in [5.41, 5.74) is 14.5. The van der Waals surface area contributed by atoms with Gasteiger partial charge in [0.1, 0.15) is 42.1 Å². The molecule has 1 spiro atoms. The number of piperidine rings is 2. The van der Waals surface area contributed by atoms with Gasteiger partial charge >= 0.3 is 5.97 Å². The number of ether oxygens (including phenoxy) is 4. The third-order valence-corrected chi connectivity index (χ3v) is 16.2.